The molecule has 0 radical (unpaired) electrons. The van der Waals surface area contributed by atoms with Gasteiger partial charge in [-0.05, 0) is 30.0 Å². The van der Waals surface area contributed by atoms with E-state index in [-0.39, 0.29) is 0 Å². The minimum absolute atomic E-state index is 0.719. The first-order valence-corrected chi connectivity index (χ1v) is 7.25. The maximum Gasteiger partial charge on any atom is 0.212 e. The number of hydrogen-bond donors (Lipinski definition) is 0. The van der Waals surface area contributed by atoms with Gasteiger partial charge in [-0.3, -0.25) is 0 Å². The minimum Gasteiger partial charge on any atom is -0.187 e. The lowest BCUT2D eigenvalue weighted by atomic mass is 10.1. The van der Waals surface area contributed by atoms with Gasteiger partial charge in [0.15, 0.2) is 5.65 Å². The van der Waals surface area contributed by atoms with Crippen LogP contribution in [0.4, 0.5) is 0 Å². The van der Waals surface area contributed by atoms with E-state index >= 15 is 0 Å². The molecule has 19 heavy (non-hydrogen) atoms. The van der Waals surface area contributed by atoms with E-state index in [9.17, 15) is 0 Å². The van der Waals surface area contributed by atoms with Crippen molar-refractivity contribution in [2.24, 2.45) is 0 Å². The van der Waals surface area contributed by atoms with Gasteiger partial charge >= 0.3 is 0 Å². The normalized spacial score (nSPS) is 11.1. The van der Waals surface area contributed by atoms with E-state index in [0.29, 0.717) is 0 Å². The molecule has 0 saturated heterocycles. The predicted molar refractivity (Wildman–Crippen MR) is 77.6 cm³/mol. The summed E-state index contributed by atoms with van der Waals surface area (Å²) in [6, 6.07) is 11.5. The van der Waals surface area contributed by atoms with Gasteiger partial charge in [-0.15, -0.1) is 10.2 Å². The number of aromatic nitrogens is 4. The highest BCUT2D eigenvalue weighted by Crippen LogP contribution is 2.21. The lowest BCUT2D eigenvalue weighted by Crippen LogP contribution is -1.96. The first-order chi connectivity index (χ1) is 9.28. The molecule has 3 rings (SSSR count). The highest BCUT2D eigenvalue weighted by molar-refractivity contribution is 7.99. The van der Waals surface area contributed by atoms with Crippen LogP contribution in [0.1, 0.15) is 6.92 Å². The summed E-state index contributed by atoms with van der Waals surface area (Å²) in [5, 5.41) is 14.3. The summed E-state index contributed by atoms with van der Waals surface area (Å²) in [5.41, 5.74) is 2.66. The van der Waals surface area contributed by atoms with Gasteiger partial charge in [-0.25, -0.2) is 0 Å². The van der Waals surface area contributed by atoms with Gasteiger partial charge in [-0.1, -0.05) is 42.4 Å². The van der Waals surface area contributed by atoms with Crippen LogP contribution in [0.5, 0.6) is 0 Å². The lowest BCUT2D eigenvalue weighted by molar-refractivity contribution is 0.813. The molecule has 0 spiro atoms. The molecule has 96 valence electrons. The van der Waals surface area contributed by atoms with Crippen molar-refractivity contribution in [3.05, 3.63) is 41.4 Å². The number of nitrogens with zero attached hydrogens (tertiary/aromatic N) is 4. The van der Waals surface area contributed by atoms with Gasteiger partial charge < -0.3 is 0 Å². The quantitative estimate of drug-likeness (QED) is 0.692. The Bertz CT molecular complexity index is 708. The Kier molecular flexibility index (Phi) is 3.40. The van der Waals surface area contributed by atoms with Crippen molar-refractivity contribution >= 4 is 29.0 Å². The van der Waals surface area contributed by atoms with Crippen LogP contribution in [0.15, 0.2) is 41.6 Å². The standard InChI is InChI=1S/C13H11ClN4S/c1-2-19-13-16-15-12-8-7-11(17-18(12)13)9-3-5-10(14)6-4-9/h3-8H,2H2,1H3. The van der Waals surface area contributed by atoms with E-state index in [1.165, 1.54) is 0 Å². The Morgan fingerprint density at radius 2 is 1.89 bits per heavy atom. The van der Waals surface area contributed by atoms with E-state index in [2.05, 4.69) is 22.2 Å². The number of rotatable bonds is 3. The van der Waals surface area contributed by atoms with Gasteiger partial charge in [0.05, 0.1) is 5.69 Å². The lowest BCUT2D eigenvalue weighted by Gasteiger charge is -2.02. The number of thioether (sulfide) groups is 1. The molecule has 0 N–H and O–H groups in total. The summed E-state index contributed by atoms with van der Waals surface area (Å²) in [4.78, 5) is 0. The number of hydrogen-bond acceptors (Lipinski definition) is 4. The molecular weight excluding hydrogens is 280 g/mol. The predicted octanol–water partition coefficient (Wildman–Crippen LogP) is 3.56. The zero-order valence-corrected chi connectivity index (χ0v) is 11.8. The highest BCUT2D eigenvalue weighted by Gasteiger charge is 2.08. The van der Waals surface area contributed by atoms with Crippen molar-refractivity contribution in [1.29, 1.82) is 0 Å². The second-order valence-electron chi connectivity index (χ2n) is 3.91. The van der Waals surface area contributed by atoms with Crippen LogP contribution in [0.25, 0.3) is 16.9 Å². The molecule has 0 bridgehead atoms. The van der Waals surface area contributed by atoms with Crippen LogP contribution < -0.4 is 0 Å². The summed E-state index contributed by atoms with van der Waals surface area (Å²) in [5.74, 6) is 0.938. The second-order valence-corrected chi connectivity index (χ2v) is 5.58. The van der Waals surface area contributed by atoms with Crippen molar-refractivity contribution in [1.82, 2.24) is 19.8 Å². The topological polar surface area (TPSA) is 43.1 Å². The van der Waals surface area contributed by atoms with Crippen molar-refractivity contribution in [3.63, 3.8) is 0 Å². The van der Waals surface area contributed by atoms with Gasteiger partial charge in [0.25, 0.3) is 0 Å². The van der Waals surface area contributed by atoms with Crippen LogP contribution in [0.3, 0.4) is 0 Å². The highest BCUT2D eigenvalue weighted by atomic mass is 35.5. The molecule has 0 atom stereocenters. The van der Waals surface area contributed by atoms with Crippen LogP contribution in [0.2, 0.25) is 5.02 Å². The molecule has 1 aromatic carbocycles. The van der Waals surface area contributed by atoms with Gasteiger partial charge in [0, 0.05) is 10.6 Å². The molecule has 6 heteroatoms. The third kappa shape index (κ3) is 2.43. The SMILES string of the molecule is CCSc1nnc2ccc(-c3ccc(Cl)cc3)nn12. The average molecular weight is 291 g/mol. The maximum atomic E-state index is 5.89. The molecule has 0 aliphatic rings. The first kappa shape index (κ1) is 12.4. The molecule has 0 aliphatic heterocycles. The van der Waals surface area contributed by atoms with Crippen LogP contribution in [-0.4, -0.2) is 25.6 Å². The van der Waals surface area contributed by atoms with Gasteiger partial charge in [0.1, 0.15) is 0 Å². The molecule has 4 nitrogen and oxygen atoms in total. The molecule has 2 heterocycles. The zero-order valence-electron chi connectivity index (χ0n) is 10.2. The molecule has 0 amide bonds. The zero-order chi connectivity index (χ0) is 13.2. The second kappa shape index (κ2) is 5.19. The van der Waals surface area contributed by atoms with Crippen molar-refractivity contribution < 1.29 is 0 Å². The van der Waals surface area contributed by atoms with E-state index in [0.717, 1.165) is 32.8 Å². The van der Waals surface area contributed by atoms with E-state index < -0.39 is 0 Å². The Hall–Kier alpha value is -1.59. The maximum absolute atomic E-state index is 5.89. The fraction of sp³-hybridized carbons (Fsp3) is 0.154. The largest absolute Gasteiger partial charge is 0.212 e. The third-order valence-corrected chi connectivity index (χ3v) is 3.70. The Labute approximate surface area is 119 Å². The van der Waals surface area contributed by atoms with Crippen LogP contribution in [-0.2, 0) is 0 Å². The van der Waals surface area contributed by atoms with E-state index in [4.69, 9.17) is 11.6 Å². The summed E-state index contributed by atoms with van der Waals surface area (Å²) in [6.07, 6.45) is 0. The molecule has 3 aromatic rings. The van der Waals surface area contributed by atoms with E-state index in [1.54, 1.807) is 16.3 Å². The van der Waals surface area contributed by atoms with Gasteiger partial charge in [-0.2, -0.15) is 9.61 Å². The summed E-state index contributed by atoms with van der Waals surface area (Å²) in [6.45, 7) is 2.08. The molecule has 0 unspecified atom stereocenters. The van der Waals surface area contributed by atoms with Gasteiger partial charge in [0.2, 0.25) is 5.16 Å². The van der Waals surface area contributed by atoms with Crippen molar-refractivity contribution in [2.75, 3.05) is 5.75 Å². The number of halogens is 1. The Morgan fingerprint density at radius 3 is 2.63 bits per heavy atom. The van der Waals surface area contributed by atoms with Crippen LogP contribution in [0, 0.1) is 0 Å². The van der Waals surface area contributed by atoms with Crippen LogP contribution >= 0.6 is 23.4 Å². The fourth-order valence-electron chi connectivity index (χ4n) is 1.76. The molecule has 0 aliphatic carbocycles. The molecule has 0 fully saturated rings. The first-order valence-electron chi connectivity index (χ1n) is 5.89. The summed E-state index contributed by atoms with van der Waals surface area (Å²) >= 11 is 7.52. The number of benzene rings is 1. The summed E-state index contributed by atoms with van der Waals surface area (Å²) < 4.78 is 1.78. The monoisotopic (exact) mass is 290 g/mol. The van der Waals surface area contributed by atoms with Crippen molar-refractivity contribution in [2.45, 2.75) is 12.1 Å². The summed E-state index contributed by atoms with van der Waals surface area (Å²) in [7, 11) is 0. The Morgan fingerprint density at radius 1 is 1.11 bits per heavy atom. The molecule has 2 aromatic heterocycles. The fourth-order valence-corrected chi connectivity index (χ4v) is 2.50. The van der Waals surface area contributed by atoms with Crippen molar-refractivity contribution in [3.8, 4) is 11.3 Å². The van der Waals surface area contributed by atoms with E-state index in [1.807, 2.05) is 36.4 Å². The average Bonchev–Trinajstić information content (AvgIpc) is 2.83. The third-order valence-electron chi connectivity index (χ3n) is 2.65. The minimum atomic E-state index is 0.719. The number of fused-ring (bicyclic) bond motifs is 1. The molecular formula is C13H11ClN4S. The smallest absolute Gasteiger partial charge is 0.187 e. The Balaban J connectivity index is 2.09. The molecule has 0 saturated carbocycles.